The average Bonchev–Trinajstić information content (AvgIpc) is 2.66. The maximum Gasteiger partial charge on any atom is 0.417 e. The van der Waals surface area contributed by atoms with Crippen molar-refractivity contribution in [1.29, 1.82) is 0 Å². The highest BCUT2D eigenvalue weighted by Gasteiger charge is 2.38. The normalized spacial score (nSPS) is 11.8. The van der Waals surface area contributed by atoms with E-state index in [1.54, 1.807) is 6.92 Å². The Morgan fingerprint density at radius 3 is 2.14 bits per heavy atom. The van der Waals surface area contributed by atoms with Crippen LogP contribution in [0.4, 0.5) is 13.2 Å². The number of aliphatic carboxylic acids is 1. The van der Waals surface area contributed by atoms with Gasteiger partial charge in [-0.15, -0.1) is 0 Å². The van der Waals surface area contributed by atoms with Gasteiger partial charge in [0.15, 0.2) is 5.78 Å². The number of hydrogen-bond donors (Lipinski definition) is 1. The molecule has 0 saturated heterocycles. The van der Waals surface area contributed by atoms with Gasteiger partial charge < -0.3 is 9.84 Å². The summed E-state index contributed by atoms with van der Waals surface area (Å²) in [7, 11) is 0. The first-order valence-corrected chi connectivity index (χ1v) is 8.67. The molecular formula is C21H19F3O5. The van der Waals surface area contributed by atoms with Crippen molar-refractivity contribution in [2.24, 2.45) is 0 Å². The number of ether oxygens (including phenoxy) is 1. The molecule has 2 aromatic rings. The van der Waals surface area contributed by atoms with Crippen molar-refractivity contribution in [3.63, 3.8) is 0 Å². The molecule has 0 saturated carbocycles. The first kappa shape index (κ1) is 22.1. The van der Waals surface area contributed by atoms with E-state index >= 15 is 0 Å². The zero-order chi connectivity index (χ0) is 22.0. The quantitative estimate of drug-likeness (QED) is 0.563. The Hall–Kier alpha value is -3.16. The van der Waals surface area contributed by atoms with E-state index in [1.807, 2.05) is 0 Å². The molecule has 0 radical (unpaired) electrons. The van der Waals surface area contributed by atoms with Crippen LogP contribution in [-0.4, -0.2) is 29.4 Å². The minimum atomic E-state index is -4.78. The Bertz CT molecular complexity index is 961. The molecule has 8 heteroatoms. The van der Waals surface area contributed by atoms with E-state index in [0.29, 0.717) is 0 Å². The van der Waals surface area contributed by atoms with Gasteiger partial charge in [-0.2, -0.15) is 13.2 Å². The molecule has 0 bridgehead atoms. The third-order valence-corrected chi connectivity index (χ3v) is 4.46. The van der Waals surface area contributed by atoms with Crippen molar-refractivity contribution < 1.29 is 37.4 Å². The number of halogens is 3. The van der Waals surface area contributed by atoms with Crippen LogP contribution in [0.2, 0.25) is 0 Å². The molecule has 0 unspecified atom stereocenters. The lowest BCUT2D eigenvalue weighted by molar-refractivity contribution is -0.142. The summed E-state index contributed by atoms with van der Waals surface area (Å²) in [6, 6.07) is 7.82. The standard InChI is InChI=1S/C21H19F3O5/c1-4-29-18(26)12-9-10-15(20(2,3)19(27)28)14(11-12)17(25)13-7-5-6-8-16(13)21(22,23)24/h5-11H,4H2,1-3H3,(H,27,28). The highest BCUT2D eigenvalue weighted by molar-refractivity contribution is 6.12. The number of alkyl halides is 3. The van der Waals surface area contributed by atoms with Crippen LogP contribution >= 0.6 is 0 Å². The molecule has 0 aromatic heterocycles. The number of rotatable bonds is 6. The van der Waals surface area contributed by atoms with Gasteiger partial charge in [0.1, 0.15) is 0 Å². The Kier molecular flexibility index (Phi) is 6.15. The monoisotopic (exact) mass is 408 g/mol. The molecule has 29 heavy (non-hydrogen) atoms. The van der Waals surface area contributed by atoms with E-state index in [0.717, 1.165) is 24.3 Å². The number of carbonyl (C=O) groups is 3. The van der Waals surface area contributed by atoms with Crippen LogP contribution < -0.4 is 0 Å². The molecule has 5 nitrogen and oxygen atoms in total. The highest BCUT2D eigenvalue weighted by atomic mass is 19.4. The fourth-order valence-corrected chi connectivity index (χ4v) is 2.81. The number of benzene rings is 2. The van der Waals surface area contributed by atoms with E-state index in [-0.39, 0.29) is 23.3 Å². The molecule has 0 aliphatic heterocycles. The summed E-state index contributed by atoms with van der Waals surface area (Å²) in [5, 5.41) is 9.54. The number of esters is 1. The van der Waals surface area contributed by atoms with Crippen LogP contribution in [0.3, 0.4) is 0 Å². The van der Waals surface area contributed by atoms with Crippen molar-refractivity contribution in [2.45, 2.75) is 32.4 Å². The molecule has 2 aromatic carbocycles. The van der Waals surface area contributed by atoms with Gasteiger partial charge in [0.25, 0.3) is 0 Å². The third-order valence-electron chi connectivity index (χ3n) is 4.46. The van der Waals surface area contributed by atoms with E-state index in [1.165, 1.54) is 32.0 Å². The van der Waals surface area contributed by atoms with Crippen molar-refractivity contribution in [1.82, 2.24) is 0 Å². The van der Waals surface area contributed by atoms with Crippen molar-refractivity contribution in [2.75, 3.05) is 6.61 Å². The largest absolute Gasteiger partial charge is 0.481 e. The fraction of sp³-hybridized carbons (Fsp3) is 0.286. The van der Waals surface area contributed by atoms with E-state index in [4.69, 9.17) is 4.74 Å². The van der Waals surface area contributed by atoms with Gasteiger partial charge >= 0.3 is 18.1 Å². The topological polar surface area (TPSA) is 80.7 Å². The second kappa shape index (κ2) is 8.06. The lowest BCUT2D eigenvalue weighted by Crippen LogP contribution is -2.31. The maximum atomic E-state index is 13.4. The zero-order valence-electron chi connectivity index (χ0n) is 16.0. The summed E-state index contributed by atoms with van der Waals surface area (Å²) in [5.74, 6) is -3.08. The molecule has 0 amide bonds. The van der Waals surface area contributed by atoms with Crippen molar-refractivity contribution in [3.8, 4) is 0 Å². The Balaban J connectivity index is 2.75. The Morgan fingerprint density at radius 1 is 0.966 bits per heavy atom. The summed E-state index contributed by atoms with van der Waals surface area (Å²) < 4.78 is 45.0. The Labute approximate surface area is 165 Å². The number of hydrogen-bond acceptors (Lipinski definition) is 4. The molecule has 0 fully saturated rings. The molecule has 2 rings (SSSR count). The molecule has 1 N–H and O–H groups in total. The number of carbonyl (C=O) groups excluding carboxylic acids is 2. The lowest BCUT2D eigenvalue weighted by Gasteiger charge is -2.24. The second-order valence-electron chi connectivity index (χ2n) is 6.78. The zero-order valence-corrected chi connectivity index (χ0v) is 16.0. The van der Waals surface area contributed by atoms with Crippen molar-refractivity contribution >= 4 is 17.7 Å². The summed E-state index contributed by atoms with van der Waals surface area (Å²) in [5.41, 5.74) is -3.76. The SMILES string of the molecule is CCOC(=O)c1ccc(C(C)(C)C(=O)O)c(C(=O)c2ccccc2C(F)(F)F)c1. The molecule has 0 atom stereocenters. The van der Waals surface area contributed by atoms with Gasteiger partial charge in [-0.1, -0.05) is 24.3 Å². The minimum absolute atomic E-state index is 0.0139. The molecule has 0 spiro atoms. The minimum Gasteiger partial charge on any atom is -0.481 e. The maximum absolute atomic E-state index is 13.4. The molecule has 0 aliphatic carbocycles. The Morgan fingerprint density at radius 2 is 1.59 bits per heavy atom. The summed E-state index contributed by atoms with van der Waals surface area (Å²) in [4.78, 5) is 36.8. The lowest BCUT2D eigenvalue weighted by atomic mass is 9.79. The van der Waals surface area contributed by atoms with Gasteiger partial charge in [-0.25, -0.2) is 4.79 Å². The van der Waals surface area contributed by atoms with Crippen LogP contribution in [0.25, 0.3) is 0 Å². The van der Waals surface area contributed by atoms with Crippen LogP contribution in [0, 0.1) is 0 Å². The van der Waals surface area contributed by atoms with E-state index in [9.17, 15) is 32.7 Å². The van der Waals surface area contributed by atoms with Gasteiger partial charge in [-0.3, -0.25) is 9.59 Å². The number of carboxylic acids is 1. The fourth-order valence-electron chi connectivity index (χ4n) is 2.81. The molecule has 0 heterocycles. The summed E-state index contributed by atoms with van der Waals surface area (Å²) >= 11 is 0. The molecular weight excluding hydrogens is 389 g/mol. The second-order valence-corrected chi connectivity index (χ2v) is 6.78. The van der Waals surface area contributed by atoms with Crippen LogP contribution in [0.1, 0.15) is 58.2 Å². The summed E-state index contributed by atoms with van der Waals surface area (Å²) in [6.07, 6.45) is -4.78. The van der Waals surface area contributed by atoms with Gasteiger partial charge in [0.2, 0.25) is 0 Å². The predicted octanol–water partition coefficient (Wildman–Crippen LogP) is 4.48. The van der Waals surface area contributed by atoms with E-state index in [2.05, 4.69) is 0 Å². The van der Waals surface area contributed by atoms with Crippen LogP contribution in [-0.2, 0) is 21.1 Å². The molecule has 0 aliphatic rings. The van der Waals surface area contributed by atoms with Gasteiger partial charge in [-0.05, 0) is 44.5 Å². The highest BCUT2D eigenvalue weighted by Crippen LogP contribution is 2.35. The number of carboxylic acid groups (broad SMARTS) is 1. The van der Waals surface area contributed by atoms with Gasteiger partial charge in [0.05, 0.1) is 23.1 Å². The van der Waals surface area contributed by atoms with E-state index < -0.39 is 40.4 Å². The van der Waals surface area contributed by atoms with Crippen LogP contribution in [0.15, 0.2) is 42.5 Å². The van der Waals surface area contributed by atoms with Crippen LogP contribution in [0.5, 0.6) is 0 Å². The third kappa shape index (κ3) is 4.47. The predicted molar refractivity (Wildman–Crippen MR) is 97.9 cm³/mol. The first-order chi connectivity index (χ1) is 13.4. The first-order valence-electron chi connectivity index (χ1n) is 8.67. The number of ketones is 1. The molecule has 154 valence electrons. The van der Waals surface area contributed by atoms with Crippen molar-refractivity contribution in [3.05, 3.63) is 70.3 Å². The van der Waals surface area contributed by atoms with Gasteiger partial charge in [0, 0.05) is 11.1 Å². The average molecular weight is 408 g/mol. The summed E-state index contributed by atoms with van der Waals surface area (Å²) in [6.45, 7) is 4.27. The smallest absolute Gasteiger partial charge is 0.417 e.